The third-order valence-electron chi connectivity index (χ3n) is 3.36. The molecule has 1 atom stereocenters. The van der Waals surface area contributed by atoms with Crippen molar-refractivity contribution >= 4 is 29.3 Å². The van der Waals surface area contributed by atoms with Gasteiger partial charge in [-0.05, 0) is 38.8 Å². The summed E-state index contributed by atoms with van der Waals surface area (Å²) in [5.41, 5.74) is 2.00. The number of allylic oxidation sites excluding steroid dienone is 1. The van der Waals surface area contributed by atoms with Crippen molar-refractivity contribution in [1.29, 1.82) is 0 Å². The number of furan rings is 1. The number of ketones is 1. The molecule has 1 aliphatic rings. The van der Waals surface area contributed by atoms with Crippen LogP contribution in [0, 0.1) is 6.92 Å². The molecule has 4 heteroatoms. The van der Waals surface area contributed by atoms with E-state index in [1.807, 2.05) is 32.4 Å². The van der Waals surface area contributed by atoms with E-state index in [9.17, 15) is 4.79 Å². The van der Waals surface area contributed by atoms with Gasteiger partial charge in [-0.3, -0.25) is 4.79 Å². The van der Waals surface area contributed by atoms with Crippen LogP contribution in [0.5, 0.6) is 0 Å². The molecule has 2 rings (SSSR count). The van der Waals surface area contributed by atoms with Gasteiger partial charge in [0.2, 0.25) is 0 Å². The fourth-order valence-electron chi connectivity index (χ4n) is 2.53. The van der Waals surface area contributed by atoms with E-state index in [0.29, 0.717) is 0 Å². The maximum Gasteiger partial charge on any atom is 0.167 e. The van der Waals surface area contributed by atoms with E-state index < -0.39 is 0 Å². The molecule has 2 nitrogen and oxygen atoms in total. The van der Waals surface area contributed by atoms with Gasteiger partial charge in [-0.15, -0.1) is 23.5 Å². The molecule has 0 aromatic carbocycles. The van der Waals surface area contributed by atoms with Crippen molar-refractivity contribution in [2.24, 2.45) is 0 Å². The van der Waals surface area contributed by atoms with E-state index in [-0.39, 0.29) is 11.7 Å². The molecule has 1 unspecified atom stereocenters. The Morgan fingerprint density at radius 3 is 2.67 bits per heavy atom. The standard InChI is InChI=1S/C14H18O2S2/c1-8-7-11-10(5-6-12(11)16-8)13(15)9(2)14(17-3)18-4/h7,10H,5-6H2,1-4H3. The van der Waals surface area contributed by atoms with Crippen molar-refractivity contribution in [1.82, 2.24) is 0 Å². The minimum atomic E-state index is 0.00625. The van der Waals surface area contributed by atoms with Gasteiger partial charge >= 0.3 is 0 Å². The molecule has 1 heterocycles. The summed E-state index contributed by atoms with van der Waals surface area (Å²) in [6.45, 7) is 3.88. The fraction of sp³-hybridized carbons (Fsp3) is 0.500. The van der Waals surface area contributed by atoms with Gasteiger partial charge in [0.05, 0.1) is 5.92 Å². The van der Waals surface area contributed by atoms with Crippen molar-refractivity contribution in [3.05, 3.63) is 33.0 Å². The zero-order chi connectivity index (χ0) is 13.3. The first-order chi connectivity index (χ1) is 8.58. The number of hydrogen-bond donors (Lipinski definition) is 0. The molecule has 0 saturated carbocycles. The van der Waals surface area contributed by atoms with Crippen molar-refractivity contribution in [3.8, 4) is 0 Å². The Kier molecular flexibility index (Phi) is 4.28. The fourth-order valence-corrected chi connectivity index (χ4v) is 4.01. The van der Waals surface area contributed by atoms with Crippen LogP contribution < -0.4 is 0 Å². The second-order valence-corrected chi connectivity index (χ2v) is 6.40. The summed E-state index contributed by atoms with van der Waals surface area (Å²) in [7, 11) is 0. The predicted molar refractivity (Wildman–Crippen MR) is 79.2 cm³/mol. The highest BCUT2D eigenvalue weighted by Gasteiger charge is 2.32. The van der Waals surface area contributed by atoms with E-state index in [0.717, 1.165) is 39.7 Å². The number of thioether (sulfide) groups is 2. The number of Topliss-reactive ketones (excluding diaryl/α,β-unsaturated/α-hetero) is 1. The van der Waals surface area contributed by atoms with Gasteiger partial charge in [0.15, 0.2) is 5.78 Å². The summed E-state index contributed by atoms with van der Waals surface area (Å²) in [5.74, 6) is 2.18. The molecule has 1 aliphatic carbocycles. The van der Waals surface area contributed by atoms with E-state index >= 15 is 0 Å². The maximum absolute atomic E-state index is 12.6. The molecular weight excluding hydrogens is 264 g/mol. The van der Waals surface area contributed by atoms with Crippen LogP contribution in [0.1, 0.15) is 36.3 Å². The van der Waals surface area contributed by atoms with Crippen molar-refractivity contribution < 1.29 is 9.21 Å². The Morgan fingerprint density at radius 1 is 1.39 bits per heavy atom. The van der Waals surface area contributed by atoms with Crippen LogP contribution in [0.2, 0.25) is 0 Å². The zero-order valence-corrected chi connectivity index (χ0v) is 12.8. The first kappa shape index (κ1) is 13.8. The molecule has 98 valence electrons. The van der Waals surface area contributed by atoms with Crippen molar-refractivity contribution in [2.75, 3.05) is 12.5 Å². The summed E-state index contributed by atoms with van der Waals surface area (Å²) in [6, 6.07) is 2.02. The van der Waals surface area contributed by atoms with Crippen LogP contribution in [0.15, 0.2) is 20.3 Å². The minimum Gasteiger partial charge on any atom is -0.466 e. The monoisotopic (exact) mass is 282 g/mol. The molecule has 0 radical (unpaired) electrons. The van der Waals surface area contributed by atoms with Crippen LogP contribution in [0.3, 0.4) is 0 Å². The third-order valence-corrected chi connectivity index (χ3v) is 5.72. The van der Waals surface area contributed by atoms with Gasteiger partial charge in [0.25, 0.3) is 0 Å². The number of rotatable bonds is 4. The quantitative estimate of drug-likeness (QED) is 0.776. The average molecular weight is 282 g/mol. The molecule has 0 N–H and O–H groups in total. The van der Waals surface area contributed by atoms with Crippen LogP contribution >= 0.6 is 23.5 Å². The molecule has 0 spiro atoms. The van der Waals surface area contributed by atoms with Crippen molar-refractivity contribution in [3.63, 3.8) is 0 Å². The molecule has 0 bridgehead atoms. The molecule has 0 saturated heterocycles. The maximum atomic E-state index is 12.6. The Labute approximate surface area is 117 Å². The lowest BCUT2D eigenvalue weighted by atomic mass is 9.94. The summed E-state index contributed by atoms with van der Waals surface area (Å²) in [4.78, 5) is 12.6. The van der Waals surface area contributed by atoms with E-state index in [4.69, 9.17) is 4.42 Å². The smallest absolute Gasteiger partial charge is 0.167 e. The molecule has 1 aromatic rings. The molecule has 0 aliphatic heterocycles. The van der Waals surface area contributed by atoms with Gasteiger partial charge < -0.3 is 4.42 Å². The van der Waals surface area contributed by atoms with Gasteiger partial charge in [0, 0.05) is 21.8 Å². The average Bonchev–Trinajstić information content (AvgIpc) is 2.88. The highest BCUT2D eigenvalue weighted by atomic mass is 32.2. The first-order valence-corrected chi connectivity index (χ1v) is 8.45. The van der Waals surface area contributed by atoms with Gasteiger partial charge in [-0.25, -0.2) is 0 Å². The SMILES string of the molecule is CSC(SC)=C(C)C(=O)C1CCc2oc(C)cc21. The molecule has 0 fully saturated rings. The van der Waals surface area contributed by atoms with Gasteiger partial charge in [0.1, 0.15) is 11.5 Å². The second kappa shape index (κ2) is 5.57. The van der Waals surface area contributed by atoms with Crippen molar-refractivity contribution in [2.45, 2.75) is 32.6 Å². The van der Waals surface area contributed by atoms with Gasteiger partial charge in [-0.2, -0.15) is 0 Å². The van der Waals surface area contributed by atoms with E-state index in [1.54, 1.807) is 23.5 Å². The van der Waals surface area contributed by atoms with E-state index in [1.165, 1.54) is 0 Å². The lowest BCUT2D eigenvalue weighted by Gasteiger charge is -2.11. The Hall–Kier alpha value is -0.610. The highest BCUT2D eigenvalue weighted by molar-refractivity contribution is 8.21. The summed E-state index contributed by atoms with van der Waals surface area (Å²) >= 11 is 3.30. The molecule has 1 aromatic heterocycles. The first-order valence-electron chi connectivity index (χ1n) is 6.00. The number of aryl methyl sites for hydroxylation is 2. The number of fused-ring (bicyclic) bond motifs is 1. The number of carbonyl (C=O) groups excluding carboxylic acids is 1. The van der Waals surface area contributed by atoms with E-state index in [2.05, 4.69) is 0 Å². The number of hydrogen-bond acceptors (Lipinski definition) is 4. The lowest BCUT2D eigenvalue weighted by Crippen LogP contribution is -2.11. The van der Waals surface area contributed by atoms with Crippen LogP contribution in [0.4, 0.5) is 0 Å². The number of carbonyl (C=O) groups is 1. The summed E-state index contributed by atoms with van der Waals surface area (Å²) in [6.07, 6.45) is 5.82. The summed E-state index contributed by atoms with van der Waals surface area (Å²) < 4.78 is 6.74. The Balaban J connectivity index is 2.29. The van der Waals surface area contributed by atoms with Crippen LogP contribution in [0.25, 0.3) is 0 Å². The minimum absolute atomic E-state index is 0.00625. The van der Waals surface area contributed by atoms with Gasteiger partial charge in [-0.1, -0.05) is 0 Å². The lowest BCUT2D eigenvalue weighted by molar-refractivity contribution is -0.116. The second-order valence-electron chi connectivity index (χ2n) is 4.51. The molecule has 18 heavy (non-hydrogen) atoms. The Bertz CT molecular complexity index is 494. The normalized spacial score (nSPS) is 17.7. The summed E-state index contributed by atoms with van der Waals surface area (Å²) in [5, 5.41) is 0. The topological polar surface area (TPSA) is 30.2 Å². The molecule has 0 amide bonds. The Morgan fingerprint density at radius 2 is 2.06 bits per heavy atom. The van der Waals surface area contributed by atoms with Crippen LogP contribution in [-0.2, 0) is 11.2 Å². The highest BCUT2D eigenvalue weighted by Crippen LogP contribution is 2.39. The van der Waals surface area contributed by atoms with Crippen LogP contribution in [-0.4, -0.2) is 18.3 Å². The zero-order valence-electron chi connectivity index (χ0n) is 11.2. The molecular formula is C14H18O2S2. The largest absolute Gasteiger partial charge is 0.466 e. The third kappa shape index (κ3) is 2.41. The predicted octanol–water partition coefficient (Wildman–Crippen LogP) is 4.14.